The topological polar surface area (TPSA) is 101 Å². The smallest absolute Gasteiger partial charge is 0.346 e. The molecule has 2 aromatic carbocycles. The summed E-state index contributed by atoms with van der Waals surface area (Å²) in [7, 11) is 1.43. The van der Waals surface area contributed by atoms with E-state index in [4.69, 9.17) is 23.7 Å². The van der Waals surface area contributed by atoms with E-state index in [0.717, 1.165) is 5.56 Å². The van der Waals surface area contributed by atoms with Gasteiger partial charge in [-0.3, -0.25) is 4.79 Å². The lowest BCUT2D eigenvalue weighted by Crippen LogP contribution is -2.21. The lowest BCUT2D eigenvalue weighted by atomic mass is 9.96. The van der Waals surface area contributed by atoms with Crippen LogP contribution in [0.15, 0.2) is 24.3 Å². The number of carbonyl (C=O) groups excluding carboxylic acids is 2. The quantitative estimate of drug-likeness (QED) is 0.487. The van der Waals surface area contributed by atoms with E-state index in [0.29, 0.717) is 42.9 Å². The Kier molecular flexibility index (Phi) is 7.09. The molecule has 1 N–H and O–H groups in total. The maximum atomic E-state index is 13.0. The van der Waals surface area contributed by atoms with Crippen molar-refractivity contribution in [3.63, 3.8) is 0 Å². The summed E-state index contributed by atoms with van der Waals surface area (Å²) in [5.74, 6) is -0.177. The van der Waals surface area contributed by atoms with Crippen LogP contribution in [0.5, 0.6) is 23.0 Å². The van der Waals surface area contributed by atoms with Gasteiger partial charge in [-0.1, -0.05) is 13.8 Å². The second-order valence-corrected chi connectivity index (χ2v) is 9.12. The monoisotopic (exact) mass is 470 g/mol. The largest absolute Gasteiger partial charge is 0.495 e. The SMILES string of the molecule is COc1c([C@@H](O)CC(C)C)ccc2c1C(=O)OCc1cc(C)cc(OC(=O)C3CCOC3)c1O2. The van der Waals surface area contributed by atoms with E-state index < -0.39 is 18.0 Å². The van der Waals surface area contributed by atoms with E-state index in [1.807, 2.05) is 26.8 Å². The van der Waals surface area contributed by atoms with Crippen molar-refractivity contribution in [3.05, 3.63) is 46.5 Å². The van der Waals surface area contributed by atoms with Gasteiger partial charge in [0.25, 0.3) is 0 Å². The molecule has 0 bridgehead atoms. The summed E-state index contributed by atoms with van der Waals surface area (Å²) in [4.78, 5) is 25.7. The Morgan fingerprint density at radius 1 is 1.26 bits per heavy atom. The van der Waals surface area contributed by atoms with E-state index in [1.54, 1.807) is 18.2 Å². The number of hydrogen-bond acceptors (Lipinski definition) is 8. The van der Waals surface area contributed by atoms with Crippen LogP contribution < -0.4 is 14.2 Å². The van der Waals surface area contributed by atoms with Gasteiger partial charge in [-0.15, -0.1) is 0 Å². The molecule has 1 unspecified atom stereocenters. The number of cyclic esters (lactones) is 1. The first-order valence-electron chi connectivity index (χ1n) is 11.4. The fraction of sp³-hybridized carbons (Fsp3) is 0.462. The van der Waals surface area contributed by atoms with Crippen LogP contribution in [-0.4, -0.2) is 37.4 Å². The zero-order valence-electron chi connectivity index (χ0n) is 19.9. The Bertz CT molecular complexity index is 1080. The Balaban J connectivity index is 1.75. The summed E-state index contributed by atoms with van der Waals surface area (Å²) >= 11 is 0. The molecule has 2 atom stereocenters. The number of ether oxygens (including phenoxy) is 5. The molecular formula is C26H30O8. The third-order valence-electron chi connectivity index (χ3n) is 5.93. The first-order valence-corrected chi connectivity index (χ1v) is 11.4. The summed E-state index contributed by atoms with van der Waals surface area (Å²) in [5, 5.41) is 10.7. The van der Waals surface area contributed by atoms with Crippen molar-refractivity contribution in [3.8, 4) is 23.0 Å². The maximum Gasteiger partial charge on any atom is 0.346 e. The second kappa shape index (κ2) is 10.0. The number of methoxy groups -OCH3 is 1. The van der Waals surface area contributed by atoms with E-state index in [1.165, 1.54) is 7.11 Å². The fourth-order valence-electron chi connectivity index (χ4n) is 4.26. The highest BCUT2D eigenvalue weighted by molar-refractivity contribution is 5.96. The molecule has 2 aliphatic heterocycles. The number of aliphatic hydroxyl groups is 1. The molecule has 182 valence electrons. The van der Waals surface area contributed by atoms with E-state index >= 15 is 0 Å². The normalized spacial score (nSPS) is 18.2. The number of fused-ring (bicyclic) bond motifs is 2. The average molecular weight is 471 g/mol. The first-order chi connectivity index (χ1) is 16.3. The first kappa shape index (κ1) is 24.0. The van der Waals surface area contributed by atoms with E-state index in [9.17, 15) is 14.7 Å². The van der Waals surface area contributed by atoms with Gasteiger partial charge in [0.15, 0.2) is 11.5 Å². The van der Waals surface area contributed by atoms with Crippen LogP contribution in [0.4, 0.5) is 0 Å². The Morgan fingerprint density at radius 3 is 2.74 bits per heavy atom. The highest BCUT2D eigenvalue weighted by Gasteiger charge is 2.32. The minimum atomic E-state index is -0.821. The molecule has 0 saturated carbocycles. The molecule has 34 heavy (non-hydrogen) atoms. The fourth-order valence-corrected chi connectivity index (χ4v) is 4.26. The molecule has 0 spiro atoms. The molecule has 4 rings (SSSR count). The number of aryl methyl sites for hydroxylation is 1. The van der Waals surface area contributed by atoms with Crippen molar-refractivity contribution in [1.82, 2.24) is 0 Å². The second-order valence-electron chi connectivity index (χ2n) is 9.12. The molecule has 8 heteroatoms. The standard InChI is InChI=1S/C26H30O8/c1-14(2)9-19(27)18-5-6-20-22(24(18)30-4)26(29)32-13-17-10-15(3)11-21(23(17)33-20)34-25(28)16-7-8-31-12-16/h5-6,10-11,14,16,19,27H,7-9,12-13H2,1-4H3/t16?,19-/m0/s1. The number of benzene rings is 2. The summed E-state index contributed by atoms with van der Waals surface area (Å²) in [5.41, 5.74) is 1.96. The van der Waals surface area contributed by atoms with Gasteiger partial charge in [-0.25, -0.2) is 4.79 Å². The molecule has 1 fully saturated rings. The Morgan fingerprint density at radius 2 is 2.06 bits per heavy atom. The molecule has 0 amide bonds. The lowest BCUT2D eigenvalue weighted by Gasteiger charge is -2.24. The summed E-state index contributed by atoms with van der Waals surface area (Å²) in [6.45, 7) is 6.63. The Hall–Kier alpha value is -3.10. The molecular weight excluding hydrogens is 440 g/mol. The third kappa shape index (κ3) is 4.88. The van der Waals surface area contributed by atoms with Crippen molar-refractivity contribution < 1.29 is 38.4 Å². The molecule has 2 aromatic rings. The van der Waals surface area contributed by atoms with Crippen LogP contribution in [0, 0.1) is 18.8 Å². The van der Waals surface area contributed by atoms with E-state index in [2.05, 4.69) is 0 Å². The van der Waals surface area contributed by atoms with Crippen molar-refractivity contribution in [2.45, 2.75) is 46.3 Å². The van der Waals surface area contributed by atoms with Crippen LogP contribution in [0.2, 0.25) is 0 Å². The van der Waals surface area contributed by atoms with Crippen LogP contribution >= 0.6 is 0 Å². The van der Waals surface area contributed by atoms with Crippen LogP contribution in [0.25, 0.3) is 0 Å². The van der Waals surface area contributed by atoms with E-state index in [-0.39, 0.29) is 41.3 Å². The van der Waals surface area contributed by atoms with Gasteiger partial charge in [-0.05, 0) is 55.5 Å². The minimum absolute atomic E-state index is 0.0751. The molecule has 2 heterocycles. The molecule has 0 aromatic heterocycles. The van der Waals surface area contributed by atoms with Crippen LogP contribution in [-0.2, 0) is 20.9 Å². The molecule has 0 aliphatic carbocycles. The van der Waals surface area contributed by atoms with Gasteiger partial charge in [-0.2, -0.15) is 0 Å². The van der Waals surface area contributed by atoms with Gasteiger partial charge in [0.05, 0.1) is 25.7 Å². The zero-order valence-corrected chi connectivity index (χ0v) is 19.9. The number of aliphatic hydroxyl groups excluding tert-OH is 1. The minimum Gasteiger partial charge on any atom is -0.495 e. The number of esters is 2. The number of hydrogen-bond donors (Lipinski definition) is 1. The molecule has 1 saturated heterocycles. The van der Waals surface area contributed by atoms with Gasteiger partial charge in [0, 0.05) is 17.7 Å². The Labute approximate surface area is 198 Å². The number of carbonyl (C=O) groups is 2. The third-order valence-corrected chi connectivity index (χ3v) is 5.93. The summed E-state index contributed by atoms with van der Waals surface area (Å²) in [6.07, 6.45) is 0.281. The predicted octanol–water partition coefficient (Wildman–Crippen LogP) is 4.49. The summed E-state index contributed by atoms with van der Waals surface area (Å²) < 4.78 is 28.3. The van der Waals surface area contributed by atoms with Crippen LogP contribution in [0.3, 0.4) is 0 Å². The highest BCUT2D eigenvalue weighted by atomic mass is 16.6. The highest BCUT2D eigenvalue weighted by Crippen LogP contribution is 2.44. The van der Waals surface area contributed by atoms with Crippen molar-refractivity contribution >= 4 is 11.9 Å². The van der Waals surface area contributed by atoms with Gasteiger partial charge in [0.1, 0.15) is 23.7 Å². The lowest BCUT2D eigenvalue weighted by molar-refractivity contribution is -0.138. The predicted molar refractivity (Wildman–Crippen MR) is 122 cm³/mol. The zero-order chi connectivity index (χ0) is 24.4. The van der Waals surface area contributed by atoms with Gasteiger partial charge >= 0.3 is 11.9 Å². The van der Waals surface area contributed by atoms with Crippen molar-refractivity contribution in [2.75, 3.05) is 20.3 Å². The van der Waals surface area contributed by atoms with Crippen molar-refractivity contribution in [1.29, 1.82) is 0 Å². The molecule has 2 aliphatic rings. The summed E-state index contributed by atoms with van der Waals surface area (Å²) in [6, 6.07) is 6.81. The van der Waals surface area contributed by atoms with Crippen LogP contribution in [0.1, 0.15) is 59.8 Å². The number of rotatable bonds is 6. The molecule has 0 radical (unpaired) electrons. The maximum absolute atomic E-state index is 13.0. The molecule has 8 nitrogen and oxygen atoms in total. The van der Waals surface area contributed by atoms with Gasteiger partial charge < -0.3 is 28.8 Å². The van der Waals surface area contributed by atoms with Crippen molar-refractivity contribution in [2.24, 2.45) is 11.8 Å². The average Bonchev–Trinajstić information content (AvgIpc) is 3.32. The van der Waals surface area contributed by atoms with Gasteiger partial charge in [0.2, 0.25) is 0 Å².